The van der Waals surface area contributed by atoms with Crippen LogP contribution in [0.1, 0.15) is 28.7 Å². The highest BCUT2D eigenvalue weighted by Crippen LogP contribution is 2.42. The van der Waals surface area contributed by atoms with Crippen molar-refractivity contribution in [2.75, 3.05) is 38.0 Å². The number of pyridine rings is 1. The largest absolute Gasteiger partial charge is 0.496 e. The minimum atomic E-state index is -4.07. The van der Waals surface area contributed by atoms with E-state index in [-0.39, 0.29) is 23.6 Å². The van der Waals surface area contributed by atoms with E-state index >= 15 is 0 Å². The normalized spacial score (nSPS) is 15.2. The lowest BCUT2D eigenvalue weighted by Gasteiger charge is -2.37. The molecule has 0 unspecified atom stereocenters. The van der Waals surface area contributed by atoms with Crippen molar-refractivity contribution < 1.29 is 27.9 Å². The molecule has 1 saturated heterocycles. The van der Waals surface area contributed by atoms with Crippen molar-refractivity contribution in [3.8, 4) is 5.75 Å². The topological polar surface area (TPSA) is 154 Å². The second-order valence-electron chi connectivity index (χ2n) is 13.4. The van der Waals surface area contributed by atoms with Gasteiger partial charge in [-0.25, -0.2) is 23.2 Å². The number of fused-ring (bicyclic) bond motifs is 1. The number of aromatic nitrogens is 2. The summed E-state index contributed by atoms with van der Waals surface area (Å²) in [5.74, 6) is -0.821. The highest BCUT2D eigenvalue weighted by molar-refractivity contribution is 7.91. The molecule has 2 atom stereocenters. The van der Waals surface area contributed by atoms with Crippen LogP contribution in [0.5, 0.6) is 5.75 Å². The Morgan fingerprint density at radius 1 is 0.964 bits per heavy atom. The third kappa shape index (κ3) is 7.35. The van der Waals surface area contributed by atoms with Gasteiger partial charge in [0.05, 0.1) is 13.3 Å². The number of carbonyl (C=O) groups is 2. The maximum Gasteiger partial charge on any atom is 0.326 e. The van der Waals surface area contributed by atoms with Crippen LogP contribution in [0.15, 0.2) is 126 Å². The van der Waals surface area contributed by atoms with Gasteiger partial charge in [-0.2, -0.15) is 4.72 Å². The van der Waals surface area contributed by atoms with Crippen molar-refractivity contribution in [1.82, 2.24) is 19.6 Å². The molecule has 4 aromatic carbocycles. The van der Waals surface area contributed by atoms with Crippen molar-refractivity contribution in [2.45, 2.75) is 34.7 Å². The molecule has 1 aliphatic heterocycles. The molecular formula is C41H40N6O6S2. The van der Waals surface area contributed by atoms with E-state index in [1.54, 1.807) is 25.2 Å². The van der Waals surface area contributed by atoms with Gasteiger partial charge in [0.25, 0.3) is 10.0 Å². The van der Waals surface area contributed by atoms with Gasteiger partial charge < -0.3 is 25.0 Å². The van der Waals surface area contributed by atoms with Crippen molar-refractivity contribution in [3.63, 3.8) is 0 Å². The molecule has 3 heterocycles. The Morgan fingerprint density at radius 3 is 2.09 bits per heavy atom. The first-order valence-electron chi connectivity index (χ1n) is 17.6. The van der Waals surface area contributed by atoms with Gasteiger partial charge in [0.1, 0.15) is 29.2 Å². The van der Waals surface area contributed by atoms with Gasteiger partial charge in [0, 0.05) is 38.6 Å². The quantitative estimate of drug-likeness (QED) is 0.117. The first-order chi connectivity index (χ1) is 26.5. The Labute approximate surface area is 323 Å². The van der Waals surface area contributed by atoms with Gasteiger partial charge in [0.15, 0.2) is 9.34 Å². The maximum atomic E-state index is 13.6. The van der Waals surface area contributed by atoms with Crippen LogP contribution in [0.3, 0.4) is 0 Å². The van der Waals surface area contributed by atoms with Crippen molar-refractivity contribution >= 4 is 55.0 Å². The number of hydrogen-bond donors (Lipinski definition) is 3. The number of thiazole rings is 1. The highest BCUT2D eigenvalue weighted by Gasteiger charge is 2.42. The fraction of sp³-hybridized carbons (Fsp3) is 0.220. The van der Waals surface area contributed by atoms with Crippen molar-refractivity contribution in [2.24, 2.45) is 0 Å². The molecule has 55 heavy (non-hydrogen) atoms. The van der Waals surface area contributed by atoms with Crippen LogP contribution in [0.25, 0.3) is 10.8 Å². The molecule has 0 aliphatic carbocycles. The van der Waals surface area contributed by atoms with E-state index in [2.05, 4.69) is 51.4 Å². The second-order valence-corrected chi connectivity index (χ2v) is 16.4. The van der Waals surface area contributed by atoms with Crippen LogP contribution in [0.2, 0.25) is 0 Å². The number of carboxylic acid groups (broad SMARTS) is 1. The molecule has 282 valence electrons. The third-order valence-electron chi connectivity index (χ3n) is 9.82. The van der Waals surface area contributed by atoms with E-state index in [4.69, 9.17) is 9.72 Å². The second kappa shape index (κ2) is 15.5. The lowest BCUT2D eigenvalue weighted by atomic mass is 9.77. The molecule has 1 amide bonds. The summed E-state index contributed by atoms with van der Waals surface area (Å²) in [6.45, 7) is 0.0586. The number of aliphatic carboxylic acids is 1. The van der Waals surface area contributed by atoms with Crippen LogP contribution in [-0.2, 0) is 31.6 Å². The Hall–Kier alpha value is -5.83. The predicted molar refractivity (Wildman–Crippen MR) is 213 cm³/mol. The molecular weight excluding hydrogens is 737 g/mol. The van der Waals surface area contributed by atoms with E-state index < -0.39 is 39.5 Å². The zero-order valence-corrected chi connectivity index (χ0v) is 32.0. The molecule has 3 N–H and O–H groups in total. The fourth-order valence-electron chi connectivity index (χ4n) is 7.14. The maximum absolute atomic E-state index is 13.6. The average Bonchev–Trinajstić information content (AvgIpc) is 3.85. The van der Waals surface area contributed by atoms with E-state index in [0.717, 1.165) is 38.8 Å². The number of amides is 1. The summed E-state index contributed by atoms with van der Waals surface area (Å²) in [4.78, 5) is 38.3. The van der Waals surface area contributed by atoms with Crippen molar-refractivity contribution in [3.05, 3.63) is 144 Å². The number of anilines is 2. The number of benzene rings is 4. The number of hydrogen-bond acceptors (Lipinski definition) is 10. The SMILES string of the molecule is COc1cc2c(NC(c3ccccc3)(c3ccccc3)c3ccccc3)nccc2cc1C[C@H](C(=O)O)N1CC[C@H](NS(=O)(=O)c2cnc(N(C)C)s2)C1=O. The summed E-state index contributed by atoms with van der Waals surface area (Å²) in [5, 5.41) is 16.3. The molecule has 2 aromatic heterocycles. The monoisotopic (exact) mass is 776 g/mol. The minimum absolute atomic E-state index is 0.0324. The number of carboxylic acids is 1. The van der Waals surface area contributed by atoms with Crippen LogP contribution in [-0.4, -0.2) is 80.1 Å². The van der Waals surface area contributed by atoms with Crippen LogP contribution in [0, 0.1) is 0 Å². The minimum Gasteiger partial charge on any atom is -0.496 e. The van der Waals surface area contributed by atoms with E-state index in [1.165, 1.54) is 18.2 Å². The molecule has 1 aliphatic rings. The lowest BCUT2D eigenvalue weighted by Crippen LogP contribution is -2.48. The number of nitrogens with one attached hydrogen (secondary N) is 2. The standard InChI is InChI=1S/C41H40N6O6S2/c1-46(2)40-43-26-36(54-40)55(51,52)45-33-20-22-47(38(33)48)34(39(49)50)24-28-23-27-19-21-42-37(32(27)25-35(28)53-3)44-41(29-13-7-4-8-14-29,30-15-9-5-10-16-30)31-17-11-6-12-18-31/h4-19,21,23,25-26,33-34,45H,20,22,24H2,1-3H3,(H,42,44)(H,49,50)/t33-,34+/m0/s1. The number of nitrogens with zero attached hydrogens (tertiary/aromatic N) is 4. The number of ether oxygens (including phenoxy) is 1. The summed E-state index contributed by atoms with van der Waals surface area (Å²) in [5.41, 5.74) is 2.72. The molecule has 6 aromatic rings. The summed E-state index contributed by atoms with van der Waals surface area (Å²) in [7, 11) is 0.940. The van der Waals surface area contributed by atoms with Gasteiger partial charge >= 0.3 is 5.97 Å². The Balaban J connectivity index is 1.22. The van der Waals surface area contributed by atoms with Crippen LogP contribution in [0.4, 0.5) is 10.9 Å². The van der Waals surface area contributed by atoms with Crippen LogP contribution < -0.4 is 19.7 Å². The first kappa shape index (κ1) is 37.5. The Morgan fingerprint density at radius 2 is 1.56 bits per heavy atom. The Bertz CT molecular complexity index is 2330. The van der Waals surface area contributed by atoms with Crippen molar-refractivity contribution in [1.29, 1.82) is 0 Å². The molecule has 0 saturated carbocycles. The molecule has 0 bridgehead atoms. The summed E-state index contributed by atoms with van der Waals surface area (Å²) in [6.07, 6.45) is 2.98. The Kier molecular flexibility index (Phi) is 10.6. The van der Waals surface area contributed by atoms with Gasteiger partial charge in [-0.05, 0) is 52.3 Å². The number of carbonyl (C=O) groups excluding carboxylic acids is 1. The fourth-order valence-corrected chi connectivity index (χ4v) is 9.42. The molecule has 0 spiro atoms. The summed E-state index contributed by atoms with van der Waals surface area (Å²) >= 11 is 0.974. The van der Waals surface area contributed by atoms with Crippen LogP contribution >= 0.6 is 11.3 Å². The van der Waals surface area contributed by atoms with E-state index in [9.17, 15) is 23.1 Å². The average molecular weight is 777 g/mol. The third-order valence-corrected chi connectivity index (χ3v) is 12.9. The highest BCUT2D eigenvalue weighted by atomic mass is 32.2. The zero-order chi connectivity index (χ0) is 38.7. The van der Waals surface area contributed by atoms with Gasteiger partial charge in [0.2, 0.25) is 5.91 Å². The molecule has 7 rings (SSSR count). The van der Waals surface area contributed by atoms with E-state index in [1.807, 2.05) is 72.8 Å². The first-order valence-corrected chi connectivity index (χ1v) is 19.9. The summed E-state index contributed by atoms with van der Waals surface area (Å²) in [6, 6.07) is 33.6. The van der Waals surface area contributed by atoms with E-state index in [0.29, 0.717) is 22.3 Å². The number of sulfonamides is 1. The smallest absolute Gasteiger partial charge is 0.326 e. The molecule has 1 fully saturated rings. The lowest BCUT2D eigenvalue weighted by molar-refractivity contribution is -0.148. The van der Waals surface area contributed by atoms with Gasteiger partial charge in [-0.3, -0.25) is 4.79 Å². The predicted octanol–water partition coefficient (Wildman–Crippen LogP) is 5.75. The summed E-state index contributed by atoms with van der Waals surface area (Å²) < 4.78 is 34.6. The molecule has 14 heteroatoms. The van der Waals surface area contributed by atoms with Gasteiger partial charge in [-0.1, -0.05) is 102 Å². The number of rotatable bonds is 14. The number of likely N-dealkylation sites (tertiary alicyclic amines) is 1. The van der Waals surface area contributed by atoms with Gasteiger partial charge in [-0.15, -0.1) is 0 Å². The molecule has 12 nitrogen and oxygen atoms in total. The zero-order valence-electron chi connectivity index (χ0n) is 30.4. The number of methoxy groups -OCH3 is 1. The molecule has 0 radical (unpaired) electrons.